The second-order valence-corrected chi connectivity index (χ2v) is 7.40. The second kappa shape index (κ2) is 19.1. The van der Waals surface area contributed by atoms with E-state index in [2.05, 4.69) is 0 Å². The Hall–Kier alpha value is -0.240. The lowest BCUT2D eigenvalue weighted by Gasteiger charge is -2.08. The normalized spacial score (nSPS) is 14.6. The van der Waals surface area contributed by atoms with Gasteiger partial charge in [-0.2, -0.15) is 0 Å². The first kappa shape index (κ1) is 28.6. The largest absolute Gasteiger partial charge is 0.394 e. The van der Waals surface area contributed by atoms with Crippen molar-refractivity contribution in [3.8, 4) is 0 Å². The van der Waals surface area contributed by atoms with Crippen LogP contribution in [-0.2, 0) is 0 Å². The van der Waals surface area contributed by atoms with Gasteiger partial charge in [0.25, 0.3) is 0 Å². The van der Waals surface area contributed by atoms with Crippen molar-refractivity contribution in [1.29, 1.82) is 0 Å². The Morgan fingerprint density at radius 3 is 0.667 bits per heavy atom. The summed E-state index contributed by atoms with van der Waals surface area (Å²) < 4.78 is 0. The van der Waals surface area contributed by atoms with Crippen LogP contribution in [-0.4, -0.2) is 68.8 Å². The van der Waals surface area contributed by atoms with Crippen molar-refractivity contribution in [3.63, 3.8) is 0 Å². The Kier molecular flexibility index (Phi) is 22.7. The molecule has 0 aromatic heterocycles. The predicted octanol–water partition coefficient (Wildman–Crippen LogP) is 1.16. The molecule has 0 bridgehead atoms. The van der Waals surface area contributed by atoms with Gasteiger partial charge in [-0.05, 0) is 37.0 Å². The average molecular weight is 355 g/mol. The smallest absolute Gasteiger partial charge is 0.0773 e. The summed E-state index contributed by atoms with van der Waals surface area (Å²) in [4.78, 5) is 0. The standard InChI is InChI=1S/3C6H14O2/c3*1-5(2)3-6(8)4-7/h3*5-8H,3-4H2,1-2H3/t2*6-;/m10./s1. The third-order valence-corrected chi connectivity index (χ3v) is 2.86. The summed E-state index contributed by atoms with van der Waals surface area (Å²) >= 11 is 0. The quantitative estimate of drug-likeness (QED) is 0.369. The zero-order valence-corrected chi connectivity index (χ0v) is 16.4. The molecule has 24 heavy (non-hydrogen) atoms. The summed E-state index contributed by atoms with van der Waals surface area (Å²) in [5.74, 6) is 1.41. The van der Waals surface area contributed by atoms with Crippen LogP contribution in [0.15, 0.2) is 0 Å². The van der Waals surface area contributed by atoms with E-state index in [0.29, 0.717) is 37.0 Å². The molecule has 0 saturated heterocycles. The number of aliphatic hydroxyl groups is 6. The van der Waals surface area contributed by atoms with Gasteiger partial charge in [-0.3, -0.25) is 0 Å². The predicted molar refractivity (Wildman–Crippen MR) is 97.6 cm³/mol. The molecule has 0 aromatic carbocycles. The third-order valence-electron chi connectivity index (χ3n) is 2.86. The molecule has 0 spiro atoms. The van der Waals surface area contributed by atoms with Gasteiger partial charge in [0, 0.05) is 0 Å². The van der Waals surface area contributed by atoms with Gasteiger partial charge in [-0.25, -0.2) is 0 Å². The Morgan fingerprint density at radius 2 is 0.625 bits per heavy atom. The second-order valence-electron chi connectivity index (χ2n) is 7.40. The molecule has 6 nitrogen and oxygen atoms in total. The van der Waals surface area contributed by atoms with E-state index in [1.54, 1.807) is 0 Å². The Bertz CT molecular complexity index is 196. The van der Waals surface area contributed by atoms with Gasteiger partial charge < -0.3 is 30.6 Å². The number of aliphatic hydroxyl groups excluding tert-OH is 6. The summed E-state index contributed by atoms with van der Waals surface area (Å²) in [5, 5.41) is 51.3. The Labute approximate surface area is 148 Å². The molecule has 0 rings (SSSR count). The van der Waals surface area contributed by atoms with Gasteiger partial charge in [0.2, 0.25) is 0 Å². The fourth-order valence-electron chi connectivity index (χ4n) is 1.86. The van der Waals surface area contributed by atoms with E-state index < -0.39 is 18.3 Å². The zero-order chi connectivity index (χ0) is 19.7. The molecule has 150 valence electrons. The monoisotopic (exact) mass is 354 g/mol. The molecule has 0 aliphatic heterocycles. The van der Waals surface area contributed by atoms with Crippen LogP contribution >= 0.6 is 0 Å². The highest BCUT2D eigenvalue weighted by atomic mass is 16.3. The first-order chi connectivity index (χ1) is 11.0. The molecule has 0 fully saturated rings. The van der Waals surface area contributed by atoms with Gasteiger partial charge in [0.15, 0.2) is 0 Å². The minimum atomic E-state index is -0.519. The highest BCUT2D eigenvalue weighted by Gasteiger charge is 2.04. The zero-order valence-electron chi connectivity index (χ0n) is 16.4. The fourth-order valence-corrected chi connectivity index (χ4v) is 1.86. The average Bonchev–Trinajstić information content (AvgIpc) is 2.46. The van der Waals surface area contributed by atoms with Crippen molar-refractivity contribution in [2.75, 3.05) is 19.8 Å². The minimum absolute atomic E-state index is 0.113. The summed E-state index contributed by atoms with van der Waals surface area (Å²) in [6, 6.07) is 0. The molecule has 0 aliphatic carbocycles. The van der Waals surface area contributed by atoms with E-state index in [1.807, 2.05) is 41.5 Å². The molecule has 0 radical (unpaired) electrons. The van der Waals surface area contributed by atoms with Crippen molar-refractivity contribution < 1.29 is 30.6 Å². The third kappa shape index (κ3) is 29.7. The van der Waals surface area contributed by atoms with Crippen LogP contribution in [0.3, 0.4) is 0 Å². The van der Waals surface area contributed by atoms with Gasteiger partial charge in [0.05, 0.1) is 38.1 Å². The first-order valence-electron chi connectivity index (χ1n) is 8.86. The molecule has 6 heteroatoms. The maximum absolute atomic E-state index is 8.78. The molecular formula is C18H42O6. The van der Waals surface area contributed by atoms with E-state index in [-0.39, 0.29) is 19.8 Å². The lowest BCUT2D eigenvalue weighted by atomic mass is 10.1. The van der Waals surface area contributed by atoms with Crippen molar-refractivity contribution in [1.82, 2.24) is 0 Å². The lowest BCUT2D eigenvalue weighted by molar-refractivity contribution is 0.0781. The molecule has 0 amide bonds. The first-order valence-corrected chi connectivity index (χ1v) is 8.86. The van der Waals surface area contributed by atoms with Crippen LogP contribution in [0.25, 0.3) is 0 Å². The summed E-state index contributed by atoms with van der Waals surface area (Å²) in [6.45, 7) is 11.7. The maximum atomic E-state index is 8.78. The molecular weight excluding hydrogens is 312 g/mol. The van der Waals surface area contributed by atoms with E-state index in [9.17, 15) is 0 Å². The van der Waals surface area contributed by atoms with Crippen LogP contribution < -0.4 is 0 Å². The highest BCUT2D eigenvalue weighted by Crippen LogP contribution is 2.03. The van der Waals surface area contributed by atoms with E-state index >= 15 is 0 Å². The lowest BCUT2D eigenvalue weighted by Crippen LogP contribution is -2.14. The number of hydrogen-bond donors (Lipinski definition) is 6. The van der Waals surface area contributed by atoms with Crippen LogP contribution in [0.4, 0.5) is 0 Å². The summed E-state index contributed by atoms with van der Waals surface area (Å²) in [7, 11) is 0. The van der Waals surface area contributed by atoms with Crippen molar-refractivity contribution in [3.05, 3.63) is 0 Å². The SMILES string of the molecule is CC(C)CC(O)CO.CC(C)C[C@@H](O)CO.CC(C)C[C@H](O)CO. The van der Waals surface area contributed by atoms with E-state index in [4.69, 9.17) is 30.6 Å². The Balaban J connectivity index is -0.000000276. The van der Waals surface area contributed by atoms with Crippen molar-refractivity contribution >= 4 is 0 Å². The van der Waals surface area contributed by atoms with Crippen LogP contribution in [0, 0.1) is 17.8 Å². The molecule has 0 saturated carbocycles. The molecule has 1 unspecified atom stereocenters. The van der Waals surface area contributed by atoms with Gasteiger partial charge in [-0.15, -0.1) is 0 Å². The van der Waals surface area contributed by atoms with Gasteiger partial charge >= 0.3 is 0 Å². The molecule has 0 aromatic rings. The topological polar surface area (TPSA) is 121 Å². The van der Waals surface area contributed by atoms with Crippen molar-refractivity contribution in [2.45, 2.75) is 79.1 Å². The van der Waals surface area contributed by atoms with Crippen LogP contribution in [0.2, 0.25) is 0 Å². The van der Waals surface area contributed by atoms with Gasteiger partial charge in [0.1, 0.15) is 0 Å². The highest BCUT2D eigenvalue weighted by molar-refractivity contribution is 4.55. The van der Waals surface area contributed by atoms with Crippen LogP contribution in [0.5, 0.6) is 0 Å². The number of rotatable bonds is 9. The van der Waals surface area contributed by atoms with Crippen molar-refractivity contribution in [2.24, 2.45) is 17.8 Å². The maximum Gasteiger partial charge on any atom is 0.0773 e. The molecule has 0 heterocycles. The van der Waals surface area contributed by atoms with E-state index in [0.717, 1.165) is 0 Å². The Morgan fingerprint density at radius 1 is 0.458 bits per heavy atom. The minimum Gasteiger partial charge on any atom is -0.394 e. The summed E-state index contributed by atoms with van der Waals surface area (Å²) in [5.41, 5.74) is 0. The van der Waals surface area contributed by atoms with Crippen LogP contribution in [0.1, 0.15) is 60.8 Å². The number of hydrogen-bond acceptors (Lipinski definition) is 6. The molecule has 6 N–H and O–H groups in total. The molecule has 3 atom stereocenters. The summed E-state index contributed by atoms with van der Waals surface area (Å²) in [6.07, 6.45) is 0.517. The van der Waals surface area contributed by atoms with Gasteiger partial charge in [-0.1, -0.05) is 41.5 Å². The fraction of sp³-hybridized carbons (Fsp3) is 1.00. The molecule has 0 aliphatic rings. The van der Waals surface area contributed by atoms with E-state index in [1.165, 1.54) is 0 Å².